The Balaban J connectivity index is 1.97. The van der Waals surface area contributed by atoms with Crippen LogP contribution in [0.1, 0.15) is 39.2 Å². The van der Waals surface area contributed by atoms with Crippen LogP contribution in [0.15, 0.2) is 78.9 Å². The second-order valence-corrected chi connectivity index (χ2v) is 6.04. The second kappa shape index (κ2) is 7.66. The molecule has 3 rings (SSSR count). The molecule has 4 nitrogen and oxygen atoms in total. The highest BCUT2D eigenvalue weighted by Gasteiger charge is 2.18. The molecule has 1 atom stereocenters. The van der Waals surface area contributed by atoms with E-state index >= 15 is 0 Å². The molecule has 0 saturated heterocycles. The van der Waals surface area contributed by atoms with Gasteiger partial charge in [0.15, 0.2) is 0 Å². The molecule has 0 saturated carbocycles. The van der Waals surface area contributed by atoms with Gasteiger partial charge in [0, 0.05) is 5.56 Å². The van der Waals surface area contributed by atoms with Crippen molar-refractivity contribution in [1.82, 2.24) is 5.32 Å². The molecule has 130 valence electrons. The molecule has 0 aromatic heterocycles. The van der Waals surface area contributed by atoms with Gasteiger partial charge in [-0.3, -0.25) is 4.79 Å². The van der Waals surface area contributed by atoms with Gasteiger partial charge in [-0.2, -0.15) is 0 Å². The Hall–Kier alpha value is -3.40. The van der Waals surface area contributed by atoms with E-state index in [2.05, 4.69) is 5.32 Å². The molecular weight excluding hydrogens is 326 g/mol. The SMILES string of the molecule is CC(NC(=O)c1cc(C(=O)O)ccc1-c1ccccc1)c1ccccc1. The summed E-state index contributed by atoms with van der Waals surface area (Å²) in [5.74, 6) is -1.36. The molecule has 1 unspecified atom stereocenters. The Morgan fingerprint density at radius 1 is 0.885 bits per heavy atom. The van der Waals surface area contributed by atoms with E-state index in [4.69, 9.17) is 0 Å². The number of carbonyl (C=O) groups excluding carboxylic acids is 1. The van der Waals surface area contributed by atoms with Crippen molar-refractivity contribution in [2.45, 2.75) is 13.0 Å². The van der Waals surface area contributed by atoms with Crippen LogP contribution in [0.5, 0.6) is 0 Å². The van der Waals surface area contributed by atoms with Crippen LogP contribution in [0.25, 0.3) is 11.1 Å². The molecule has 0 heterocycles. The van der Waals surface area contributed by atoms with Crippen molar-refractivity contribution in [1.29, 1.82) is 0 Å². The third-order valence-corrected chi connectivity index (χ3v) is 4.24. The number of benzene rings is 3. The van der Waals surface area contributed by atoms with E-state index in [0.29, 0.717) is 11.1 Å². The smallest absolute Gasteiger partial charge is 0.335 e. The minimum Gasteiger partial charge on any atom is -0.478 e. The van der Waals surface area contributed by atoms with Crippen LogP contribution in [0, 0.1) is 0 Å². The molecule has 1 amide bonds. The van der Waals surface area contributed by atoms with Crippen LogP contribution >= 0.6 is 0 Å². The van der Waals surface area contributed by atoms with E-state index in [1.54, 1.807) is 6.07 Å². The van der Waals surface area contributed by atoms with Crippen molar-refractivity contribution < 1.29 is 14.7 Å². The molecule has 0 radical (unpaired) electrons. The minimum atomic E-state index is -1.06. The summed E-state index contributed by atoms with van der Waals surface area (Å²) in [5.41, 5.74) is 2.98. The number of carboxylic acids is 1. The number of carboxylic acid groups (broad SMARTS) is 1. The number of carbonyl (C=O) groups is 2. The van der Waals surface area contributed by atoms with Crippen molar-refractivity contribution in [3.8, 4) is 11.1 Å². The lowest BCUT2D eigenvalue weighted by Gasteiger charge is -2.17. The summed E-state index contributed by atoms with van der Waals surface area (Å²) in [7, 11) is 0. The van der Waals surface area contributed by atoms with Gasteiger partial charge in [-0.05, 0) is 35.7 Å². The summed E-state index contributed by atoms with van der Waals surface area (Å²) in [6, 6.07) is 23.5. The summed E-state index contributed by atoms with van der Waals surface area (Å²) in [6.07, 6.45) is 0. The Bertz CT molecular complexity index is 921. The maximum atomic E-state index is 12.9. The number of amides is 1. The summed E-state index contributed by atoms with van der Waals surface area (Å²) in [4.78, 5) is 24.2. The molecule has 3 aromatic carbocycles. The fourth-order valence-corrected chi connectivity index (χ4v) is 2.83. The van der Waals surface area contributed by atoms with Gasteiger partial charge in [0.1, 0.15) is 0 Å². The molecule has 2 N–H and O–H groups in total. The van der Waals surface area contributed by atoms with Crippen LogP contribution in [0.2, 0.25) is 0 Å². The number of nitrogens with one attached hydrogen (secondary N) is 1. The van der Waals surface area contributed by atoms with E-state index in [0.717, 1.165) is 11.1 Å². The molecule has 0 bridgehead atoms. The van der Waals surface area contributed by atoms with Crippen LogP contribution in [0.4, 0.5) is 0 Å². The van der Waals surface area contributed by atoms with Gasteiger partial charge < -0.3 is 10.4 Å². The van der Waals surface area contributed by atoms with Crippen molar-refractivity contribution in [3.05, 3.63) is 95.6 Å². The largest absolute Gasteiger partial charge is 0.478 e. The lowest BCUT2D eigenvalue weighted by atomic mass is 9.96. The number of aromatic carboxylic acids is 1. The van der Waals surface area contributed by atoms with Crippen LogP contribution < -0.4 is 5.32 Å². The van der Waals surface area contributed by atoms with Crippen molar-refractivity contribution in [2.75, 3.05) is 0 Å². The highest BCUT2D eigenvalue weighted by Crippen LogP contribution is 2.25. The second-order valence-electron chi connectivity index (χ2n) is 6.04. The maximum absolute atomic E-state index is 12.9. The molecule has 3 aromatic rings. The predicted octanol–water partition coefficient (Wildman–Crippen LogP) is 4.54. The zero-order valence-electron chi connectivity index (χ0n) is 14.3. The first-order valence-corrected chi connectivity index (χ1v) is 8.35. The van der Waals surface area contributed by atoms with Gasteiger partial charge in [0.25, 0.3) is 5.91 Å². The van der Waals surface area contributed by atoms with Gasteiger partial charge >= 0.3 is 5.97 Å². The number of hydrogen-bond acceptors (Lipinski definition) is 2. The third-order valence-electron chi connectivity index (χ3n) is 4.24. The summed E-state index contributed by atoms with van der Waals surface area (Å²) in [5, 5.41) is 12.2. The highest BCUT2D eigenvalue weighted by molar-refractivity contribution is 6.03. The van der Waals surface area contributed by atoms with Crippen molar-refractivity contribution in [2.24, 2.45) is 0 Å². The molecule has 26 heavy (non-hydrogen) atoms. The zero-order chi connectivity index (χ0) is 18.5. The Kier molecular flexibility index (Phi) is 5.13. The highest BCUT2D eigenvalue weighted by atomic mass is 16.4. The Labute approximate surface area is 152 Å². The van der Waals surface area contributed by atoms with Gasteiger partial charge in [-0.1, -0.05) is 66.7 Å². The standard InChI is InChI=1S/C22H19NO3/c1-15(16-8-4-2-5-9-16)23-21(24)20-14-18(22(25)26)12-13-19(20)17-10-6-3-7-11-17/h2-15H,1H3,(H,23,24)(H,25,26). The van der Waals surface area contributed by atoms with Gasteiger partial charge in [-0.15, -0.1) is 0 Å². The van der Waals surface area contributed by atoms with Crippen molar-refractivity contribution >= 4 is 11.9 Å². The lowest BCUT2D eigenvalue weighted by molar-refractivity contribution is 0.0697. The van der Waals surface area contributed by atoms with Crippen LogP contribution in [-0.4, -0.2) is 17.0 Å². The summed E-state index contributed by atoms with van der Waals surface area (Å²) < 4.78 is 0. The Morgan fingerprint density at radius 3 is 2.12 bits per heavy atom. The van der Waals surface area contributed by atoms with Gasteiger partial charge in [0.2, 0.25) is 0 Å². The van der Waals surface area contributed by atoms with Gasteiger partial charge in [0.05, 0.1) is 11.6 Å². The third kappa shape index (κ3) is 3.81. The van der Waals surface area contributed by atoms with E-state index in [1.807, 2.05) is 67.6 Å². The topological polar surface area (TPSA) is 66.4 Å². The molecule has 0 aliphatic carbocycles. The van der Waals surface area contributed by atoms with Crippen LogP contribution in [-0.2, 0) is 0 Å². The normalized spacial score (nSPS) is 11.6. The first kappa shape index (κ1) is 17.4. The van der Waals surface area contributed by atoms with E-state index < -0.39 is 5.97 Å². The first-order valence-electron chi connectivity index (χ1n) is 8.35. The molecule has 0 aliphatic heterocycles. The number of rotatable bonds is 5. The fraction of sp³-hybridized carbons (Fsp3) is 0.0909. The maximum Gasteiger partial charge on any atom is 0.335 e. The van der Waals surface area contributed by atoms with Gasteiger partial charge in [-0.25, -0.2) is 4.79 Å². The predicted molar refractivity (Wildman–Crippen MR) is 101 cm³/mol. The zero-order valence-corrected chi connectivity index (χ0v) is 14.3. The average molecular weight is 345 g/mol. The van der Waals surface area contributed by atoms with E-state index in [1.165, 1.54) is 12.1 Å². The average Bonchev–Trinajstić information content (AvgIpc) is 2.68. The summed E-state index contributed by atoms with van der Waals surface area (Å²) >= 11 is 0. The number of hydrogen-bond donors (Lipinski definition) is 2. The van der Waals surface area contributed by atoms with Crippen molar-refractivity contribution in [3.63, 3.8) is 0 Å². The Morgan fingerprint density at radius 2 is 1.50 bits per heavy atom. The van der Waals surface area contributed by atoms with E-state index in [9.17, 15) is 14.7 Å². The minimum absolute atomic E-state index is 0.0854. The monoisotopic (exact) mass is 345 g/mol. The quantitative estimate of drug-likeness (QED) is 0.713. The van der Waals surface area contributed by atoms with Crippen LogP contribution in [0.3, 0.4) is 0 Å². The molecule has 4 heteroatoms. The summed E-state index contributed by atoms with van der Waals surface area (Å²) in [6.45, 7) is 1.90. The van der Waals surface area contributed by atoms with E-state index in [-0.39, 0.29) is 17.5 Å². The molecule has 0 spiro atoms. The first-order chi connectivity index (χ1) is 12.6. The molecular formula is C22H19NO3. The molecule has 0 fully saturated rings. The fourth-order valence-electron chi connectivity index (χ4n) is 2.83. The molecule has 0 aliphatic rings. The lowest BCUT2D eigenvalue weighted by Crippen LogP contribution is -2.27.